The van der Waals surface area contributed by atoms with Crippen molar-refractivity contribution in [3.63, 3.8) is 0 Å². The predicted octanol–water partition coefficient (Wildman–Crippen LogP) is 3.03. The number of aromatic nitrogens is 1. The molecule has 1 heterocycles. The van der Waals surface area contributed by atoms with Gasteiger partial charge < -0.3 is 10.3 Å². The Kier molecular flexibility index (Phi) is 3.50. The van der Waals surface area contributed by atoms with E-state index in [4.69, 9.17) is 0 Å². The summed E-state index contributed by atoms with van der Waals surface area (Å²) in [5.41, 5.74) is 3.12. The molecule has 3 nitrogen and oxygen atoms in total. The van der Waals surface area contributed by atoms with Crippen LogP contribution in [0.5, 0.6) is 0 Å². The summed E-state index contributed by atoms with van der Waals surface area (Å²) in [6, 6.07) is 20.0. The topological polar surface area (TPSA) is 44.9 Å². The first-order chi connectivity index (χ1) is 9.81. The predicted molar refractivity (Wildman–Crippen MR) is 80.3 cm³/mol. The van der Waals surface area contributed by atoms with Crippen LogP contribution in [0.2, 0.25) is 0 Å². The van der Waals surface area contributed by atoms with Crippen molar-refractivity contribution in [3.05, 3.63) is 71.9 Å². The van der Waals surface area contributed by atoms with Crippen LogP contribution in [0.1, 0.15) is 11.3 Å². The molecule has 0 aliphatic heterocycles. The number of rotatable bonds is 4. The number of aromatic amines is 1. The number of fused-ring (bicyclic) bond motifs is 1. The van der Waals surface area contributed by atoms with Gasteiger partial charge in [-0.3, -0.25) is 4.79 Å². The number of carbonyl (C=O) groups is 1. The molecule has 0 aliphatic rings. The van der Waals surface area contributed by atoms with Gasteiger partial charge in [0, 0.05) is 17.8 Å². The number of carbonyl (C=O) groups excluding carboxylic acids is 1. The van der Waals surface area contributed by atoms with Crippen molar-refractivity contribution in [2.45, 2.75) is 13.0 Å². The average molecular weight is 264 g/mol. The second-order valence-corrected chi connectivity index (χ2v) is 4.82. The summed E-state index contributed by atoms with van der Waals surface area (Å²) in [5.74, 6) is 0.0282. The number of benzene rings is 2. The molecular formula is C17H16N2O. The molecule has 2 N–H and O–H groups in total. The largest absolute Gasteiger partial charge is 0.358 e. The molecule has 3 rings (SSSR count). The molecule has 0 spiro atoms. The van der Waals surface area contributed by atoms with Crippen molar-refractivity contribution >= 4 is 16.8 Å². The summed E-state index contributed by atoms with van der Waals surface area (Å²) in [7, 11) is 0. The smallest absolute Gasteiger partial charge is 0.226 e. The Morgan fingerprint density at radius 3 is 2.55 bits per heavy atom. The van der Waals surface area contributed by atoms with Gasteiger partial charge in [0.1, 0.15) is 0 Å². The Morgan fingerprint density at radius 1 is 1.00 bits per heavy atom. The van der Waals surface area contributed by atoms with Gasteiger partial charge >= 0.3 is 0 Å². The van der Waals surface area contributed by atoms with E-state index in [0.29, 0.717) is 13.0 Å². The van der Waals surface area contributed by atoms with Crippen molar-refractivity contribution in [1.82, 2.24) is 10.3 Å². The van der Waals surface area contributed by atoms with E-state index in [1.807, 2.05) is 60.7 Å². The third-order valence-corrected chi connectivity index (χ3v) is 3.27. The molecule has 0 aliphatic carbocycles. The number of hydrogen-bond acceptors (Lipinski definition) is 1. The molecule has 2 aromatic carbocycles. The first kappa shape index (κ1) is 12.5. The van der Waals surface area contributed by atoms with Gasteiger partial charge in [-0.1, -0.05) is 48.5 Å². The molecule has 0 saturated heterocycles. The molecule has 0 fully saturated rings. The lowest BCUT2D eigenvalue weighted by Gasteiger charge is -2.04. The van der Waals surface area contributed by atoms with Crippen molar-refractivity contribution < 1.29 is 4.79 Å². The molecule has 0 bridgehead atoms. The van der Waals surface area contributed by atoms with E-state index >= 15 is 0 Å². The zero-order valence-corrected chi connectivity index (χ0v) is 11.1. The summed E-state index contributed by atoms with van der Waals surface area (Å²) in [4.78, 5) is 15.2. The van der Waals surface area contributed by atoms with Crippen LogP contribution < -0.4 is 5.32 Å². The van der Waals surface area contributed by atoms with Crippen LogP contribution in [0.15, 0.2) is 60.7 Å². The quantitative estimate of drug-likeness (QED) is 0.747. The van der Waals surface area contributed by atoms with Crippen LogP contribution in [-0.4, -0.2) is 10.9 Å². The van der Waals surface area contributed by atoms with Gasteiger partial charge in [-0.25, -0.2) is 0 Å². The fourth-order valence-electron chi connectivity index (χ4n) is 2.26. The van der Waals surface area contributed by atoms with Crippen LogP contribution in [0.4, 0.5) is 0 Å². The Balaban J connectivity index is 1.61. The Labute approximate surface area is 117 Å². The third kappa shape index (κ3) is 2.88. The van der Waals surface area contributed by atoms with E-state index < -0.39 is 0 Å². The summed E-state index contributed by atoms with van der Waals surface area (Å²) in [5, 5.41) is 4.07. The Bertz CT molecular complexity index is 683. The number of nitrogens with one attached hydrogen (secondary N) is 2. The highest BCUT2D eigenvalue weighted by Gasteiger charge is 2.06. The maximum absolute atomic E-state index is 11.9. The van der Waals surface area contributed by atoms with E-state index in [1.54, 1.807) is 0 Å². The molecule has 0 saturated carbocycles. The summed E-state index contributed by atoms with van der Waals surface area (Å²) in [6.45, 7) is 0.569. The highest BCUT2D eigenvalue weighted by Crippen LogP contribution is 2.14. The molecule has 0 unspecified atom stereocenters. The average Bonchev–Trinajstić information content (AvgIpc) is 2.88. The summed E-state index contributed by atoms with van der Waals surface area (Å²) in [6.07, 6.45) is 0.377. The minimum absolute atomic E-state index is 0.0282. The van der Waals surface area contributed by atoms with Gasteiger partial charge in [0.05, 0.1) is 6.42 Å². The third-order valence-electron chi connectivity index (χ3n) is 3.27. The summed E-state index contributed by atoms with van der Waals surface area (Å²) < 4.78 is 0. The van der Waals surface area contributed by atoms with Crippen molar-refractivity contribution in [3.8, 4) is 0 Å². The minimum atomic E-state index is 0.0282. The molecule has 0 atom stereocenters. The molecule has 20 heavy (non-hydrogen) atoms. The second-order valence-electron chi connectivity index (χ2n) is 4.82. The number of para-hydroxylation sites is 1. The molecule has 1 aromatic heterocycles. The number of amides is 1. The fourth-order valence-corrected chi connectivity index (χ4v) is 2.26. The fraction of sp³-hybridized carbons (Fsp3) is 0.118. The maximum Gasteiger partial charge on any atom is 0.226 e. The summed E-state index contributed by atoms with van der Waals surface area (Å²) >= 11 is 0. The molecule has 3 heteroatoms. The minimum Gasteiger partial charge on any atom is -0.358 e. The van der Waals surface area contributed by atoms with Crippen LogP contribution in [0.3, 0.4) is 0 Å². The van der Waals surface area contributed by atoms with Crippen LogP contribution in [-0.2, 0) is 17.8 Å². The first-order valence-electron chi connectivity index (χ1n) is 6.68. The van der Waals surface area contributed by atoms with Gasteiger partial charge in [0.2, 0.25) is 5.91 Å². The van der Waals surface area contributed by atoms with E-state index in [9.17, 15) is 4.79 Å². The monoisotopic (exact) mass is 264 g/mol. The van der Waals surface area contributed by atoms with Gasteiger partial charge in [-0.15, -0.1) is 0 Å². The standard InChI is InChI=1S/C17H16N2O/c20-17(18-12-13-6-2-1-3-7-13)11-15-10-14-8-4-5-9-16(14)19-15/h1-10,19H,11-12H2,(H,18,20). The lowest BCUT2D eigenvalue weighted by Crippen LogP contribution is -2.24. The normalized spacial score (nSPS) is 10.6. The Hall–Kier alpha value is -2.55. The maximum atomic E-state index is 11.9. The van der Waals surface area contributed by atoms with Crippen molar-refractivity contribution in [2.75, 3.05) is 0 Å². The molecular weight excluding hydrogens is 248 g/mol. The van der Waals surface area contributed by atoms with Crippen LogP contribution in [0, 0.1) is 0 Å². The van der Waals surface area contributed by atoms with Gasteiger partial charge in [-0.2, -0.15) is 0 Å². The van der Waals surface area contributed by atoms with Gasteiger partial charge in [0.25, 0.3) is 0 Å². The van der Waals surface area contributed by atoms with Crippen molar-refractivity contribution in [1.29, 1.82) is 0 Å². The van der Waals surface area contributed by atoms with Gasteiger partial charge in [0.15, 0.2) is 0 Å². The second kappa shape index (κ2) is 5.61. The number of hydrogen-bond donors (Lipinski definition) is 2. The highest BCUT2D eigenvalue weighted by atomic mass is 16.1. The highest BCUT2D eigenvalue weighted by molar-refractivity contribution is 5.84. The van der Waals surface area contributed by atoms with Crippen LogP contribution >= 0.6 is 0 Å². The van der Waals surface area contributed by atoms with E-state index in [1.165, 1.54) is 0 Å². The molecule has 0 radical (unpaired) electrons. The molecule has 1 amide bonds. The van der Waals surface area contributed by atoms with Crippen LogP contribution in [0.25, 0.3) is 10.9 Å². The van der Waals surface area contributed by atoms with E-state index in [2.05, 4.69) is 10.3 Å². The Morgan fingerprint density at radius 2 is 1.75 bits per heavy atom. The molecule has 3 aromatic rings. The number of H-pyrrole nitrogens is 1. The van der Waals surface area contributed by atoms with E-state index in [-0.39, 0.29) is 5.91 Å². The van der Waals surface area contributed by atoms with Crippen molar-refractivity contribution in [2.24, 2.45) is 0 Å². The zero-order valence-electron chi connectivity index (χ0n) is 11.1. The lowest BCUT2D eigenvalue weighted by atomic mass is 10.2. The zero-order chi connectivity index (χ0) is 13.8. The van der Waals surface area contributed by atoms with Gasteiger partial charge in [-0.05, 0) is 23.1 Å². The lowest BCUT2D eigenvalue weighted by molar-refractivity contribution is -0.120. The first-order valence-corrected chi connectivity index (χ1v) is 6.68. The van der Waals surface area contributed by atoms with E-state index in [0.717, 1.165) is 22.2 Å². The SMILES string of the molecule is O=C(Cc1cc2ccccc2[nH]1)NCc1ccccc1. The molecule has 100 valence electrons.